The van der Waals surface area contributed by atoms with Crippen LogP contribution in [-0.4, -0.2) is 36.4 Å². The van der Waals surface area contributed by atoms with E-state index >= 15 is 0 Å². The largest absolute Gasteiger partial charge is 0.497 e. The number of benzene rings is 2. The second-order valence-corrected chi connectivity index (χ2v) is 5.64. The molecule has 1 aliphatic heterocycles. The fourth-order valence-electron chi connectivity index (χ4n) is 2.55. The van der Waals surface area contributed by atoms with Crippen LogP contribution in [0.1, 0.15) is 15.9 Å². The van der Waals surface area contributed by atoms with Gasteiger partial charge in [-0.2, -0.15) is 0 Å². The van der Waals surface area contributed by atoms with Gasteiger partial charge in [0, 0.05) is 11.8 Å². The molecule has 0 bridgehead atoms. The molecule has 0 spiro atoms. The van der Waals surface area contributed by atoms with Crippen LogP contribution < -0.4 is 15.4 Å². The van der Waals surface area contributed by atoms with Gasteiger partial charge in [-0.15, -0.1) is 0 Å². The number of imide groups is 1. The first-order valence-electron chi connectivity index (χ1n) is 7.80. The fraction of sp³-hybridized carbons (Fsp3) is 0.167. The zero-order valence-corrected chi connectivity index (χ0v) is 13.9. The number of hydrogen-bond acceptors (Lipinski definition) is 4. The number of carbonyl (C=O) groups excluding carboxylic acids is 3. The van der Waals surface area contributed by atoms with Crippen LogP contribution in [0.2, 0.25) is 0 Å². The number of nitrogens with zero attached hydrogens (tertiary/aromatic N) is 1. The lowest BCUT2D eigenvalue weighted by molar-refractivity contribution is -0.125. The Kier molecular flexibility index (Phi) is 4.83. The van der Waals surface area contributed by atoms with Crippen molar-refractivity contribution in [1.29, 1.82) is 0 Å². The number of rotatable bonds is 5. The van der Waals surface area contributed by atoms with Gasteiger partial charge in [-0.3, -0.25) is 14.5 Å². The molecule has 134 valence electrons. The van der Waals surface area contributed by atoms with E-state index in [4.69, 9.17) is 4.74 Å². The lowest BCUT2D eigenvalue weighted by Gasteiger charge is -2.13. The minimum atomic E-state index is -0.697. The highest BCUT2D eigenvalue weighted by Gasteiger charge is 2.28. The highest BCUT2D eigenvalue weighted by molar-refractivity contribution is 6.04. The Hall–Kier alpha value is -3.42. The SMILES string of the molecule is COc1ccc(C(=O)Nc2cccc(CN3C(=O)CNC3=O)c2)c(F)c1. The lowest BCUT2D eigenvalue weighted by Crippen LogP contribution is -2.30. The summed E-state index contributed by atoms with van der Waals surface area (Å²) in [6, 6.07) is 10.2. The first-order chi connectivity index (χ1) is 12.5. The number of methoxy groups -OCH3 is 1. The number of halogens is 1. The Morgan fingerprint density at radius 1 is 1.27 bits per heavy atom. The molecular formula is C18H16FN3O4. The molecule has 0 aromatic heterocycles. The summed E-state index contributed by atoms with van der Waals surface area (Å²) in [4.78, 5) is 36.6. The third kappa shape index (κ3) is 3.64. The number of anilines is 1. The molecule has 26 heavy (non-hydrogen) atoms. The standard InChI is InChI=1S/C18H16FN3O4/c1-26-13-5-6-14(15(19)8-13)17(24)21-12-4-2-3-11(7-12)10-22-16(23)9-20-18(22)25/h2-8H,9-10H2,1H3,(H,20,25)(H,21,24). The van der Waals surface area contributed by atoms with E-state index in [2.05, 4.69) is 10.6 Å². The van der Waals surface area contributed by atoms with Crippen LogP contribution in [0.15, 0.2) is 42.5 Å². The maximum Gasteiger partial charge on any atom is 0.324 e. The number of nitrogens with one attached hydrogen (secondary N) is 2. The summed E-state index contributed by atoms with van der Waals surface area (Å²) in [6.07, 6.45) is 0. The molecule has 0 atom stereocenters. The Bertz CT molecular complexity index is 868. The van der Waals surface area contributed by atoms with Gasteiger partial charge < -0.3 is 15.4 Å². The molecule has 2 aromatic carbocycles. The molecule has 1 aliphatic rings. The molecule has 0 aliphatic carbocycles. The quantitative estimate of drug-likeness (QED) is 0.803. The van der Waals surface area contributed by atoms with Crippen LogP contribution in [0.3, 0.4) is 0 Å². The zero-order valence-electron chi connectivity index (χ0n) is 13.9. The first kappa shape index (κ1) is 17.4. The van der Waals surface area contributed by atoms with Gasteiger partial charge in [-0.25, -0.2) is 9.18 Å². The van der Waals surface area contributed by atoms with Crippen molar-refractivity contribution in [3.05, 3.63) is 59.4 Å². The molecule has 3 rings (SSSR count). The summed E-state index contributed by atoms with van der Waals surface area (Å²) in [5.74, 6) is -1.31. The van der Waals surface area contributed by atoms with Gasteiger partial charge in [0.2, 0.25) is 5.91 Å². The summed E-state index contributed by atoms with van der Waals surface area (Å²) in [6.45, 7) is 0.0667. The third-order valence-electron chi connectivity index (χ3n) is 3.88. The number of ether oxygens (including phenoxy) is 1. The van der Waals surface area contributed by atoms with Crippen LogP contribution in [0.5, 0.6) is 5.75 Å². The molecule has 0 unspecified atom stereocenters. The second kappa shape index (κ2) is 7.22. The third-order valence-corrected chi connectivity index (χ3v) is 3.88. The van der Waals surface area contributed by atoms with Gasteiger partial charge in [0.15, 0.2) is 0 Å². The summed E-state index contributed by atoms with van der Waals surface area (Å²) in [5, 5.41) is 5.04. The van der Waals surface area contributed by atoms with Gasteiger partial charge in [0.1, 0.15) is 11.6 Å². The van der Waals surface area contributed by atoms with E-state index in [1.165, 1.54) is 19.2 Å². The van der Waals surface area contributed by atoms with Crippen molar-refractivity contribution in [2.45, 2.75) is 6.54 Å². The second-order valence-electron chi connectivity index (χ2n) is 5.64. The van der Waals surface area contributed by atoms with Crippen molar-refractivity contribution in [1.82, 2.24) is 10.2 Å². The molecule has 2 N–H and O–H groups in total. The van der Waals surface area contributed by atoms with Crippen molar-refractivity contribution in [3.8, 4) is 5.75 Å². The van der Waals surface area contributed by atoms with E-state index in [-0.39, 0.29) is 24.6 Å². The van der Waals surface area contributed by atoms with Crippen molar-refractivity contribution in [2.24, 2.45) is 0 Å². The van der Waals surface area contributed by atoms with Crippen LogP contribution in [-0.2, 0) is 11.3 Å². The van der Waals surface area contributed by atoms with Gasteiger partial charge in [-0.1, -0.05) is 12.1 Å². The summed E-state index contributed by atoms with van der Waals surface area (Å²) >= 11 is 0. The zero-order chi connectivity index (χ0) is 18.7. The molecule has 1 fully saturated rings. The van der Waals surface area contributed by atoms with E-state index in [0.29, 0.717) is 17.0 Å². The molecule has 1 heterocycles. The van der Waals surface area contributed by atoms with E-state index in [0.717, 1.165) is 11.0 Å². The molecule has 4 amide bonds. The number of urea groups is 1. The molecule has 2 aromatic rings. The van der Waals surface area contributed by atoms with Crippen LogP contribution in [0.4, 0.5) is 14.9 Å². The normalized spacial score (nSPS) is 13.5. The predicted octanol–water partition coefficient (Wildman–Crippen LogP) is 2.14. The van der Waals surface area contributed by atoms with Crippen LogP contribution in [0.25, 0.3) is 0 Å². The Morgan fingerprint density at radius 2 is 2.08 bits per heavy atom. The molecular weight excluding hydrogens is 341 g/mol. The summed E-state index contributed by atoms with van der Waals surface area (Å²) in [5.41, 5.74) is 0.962. The Labute approximate surface area is 148 Å². The predicted molar refractivity (Wildman–Crippen MR) is 91.3 cm³/mol. The number of hydrogen-bond donors (Lipinski definition) is 2. The maximum absolute atomic E-state index is 14.0. The molecule has 7 nitrogen and oxygen atoms in total. The highest BCUT2D eigenvalue weighted by atomic mass is 19.1. The van der Waals surface area contributed by atoms with Crippen LogP contribution in [0, 0.1) is 5.82 Å². The van der Waals surface area contributed by atoms with Gasteiger partial charge in [0.25, 0.3) is 5.91 Å². The lowest BCUT2D eigenvalue weighted by atomic mass is 10.1. The average molecular weight is 357 g/mol. The van der Waals surface area contributed by atoms with Gasteiger partial charge >= 0.3 is 6.03 Å². The van der Waals surface area contributed by atoms with Crippen LogP contribution >= 0.6 is 0 Å². The topological polar surface area (TPSA) is 87.7 Å². The van der Waals surface area contributed by atoms with E-state index in [1.807, 2.05) is 0 Å². The minimum absolute atomic E-state index is 0.0218. The Balaban J connectivity index is 1.73. The number of amides is 4. The molecule has 0 saturated carbocycles. The van der Waals surface area contributed by atoms with E-state index < -0.39 is 17.8 Å². The van der Waals surface area contributed by atoms with Gasteiger partial charge in [-0.05, 0) is 29.8 Å². The van der Waals surface area contributed by atoms with Crippen molar-refractivity contribution >= 4 is 23.5 Å². The average Bonchev–Trinajstić information content (AvgIpc) is 2.93. The van der Waals surface area contributed by atoms with Crippen molar-refractivity contribution in [3.63, 3.8) is 0 Å². The van der Waals surface area contributed by atoms with Crippen molar-refractivity contribution in [2.75, 3.05) is 19.0 Å². The molecule has 1 saturated heterocycles. The first-order valence-corrected chi connectivity index (χ1v) is 7.80. The van der Waals surface area contributed by atoms with E-state index in [1.54, 1.807) is 24.3 Å². The smallest absolute Gasteiger partial charge is 0.324 e. The van der Waals surface area contributed by atoms with E-state index in [9.17, 15) is 18.8 Å². The van der Waals surface area contributed by atoms with Gasteiger partial charge in [0.05, 0.1) is 25.8 Å². The Morgan fingerprint density at radius 3 is 2.73 bits per heavy atom. The van der Waals surface area contributed by atoms with Crippen molar-refractivity contribution < 1.29 is 23.5 Å². The molecule has 0 radical (unpaired) electrons. The fourth-order valence-corrected chi connectivity index (χ4v) is 2.55. The maximum atomic E-state index is 14.0. The molecule has 8 heteroatoms. The monoisotopic (exact) mass is 357 g/mol. The highest BCUT2D eigenvalue weighted by Crippen LogP contribution is 2.19. The summed E-state index contributed by atoms with van der Waals surface area (Å²) in [7, 11) is 1.41. The number of carbonyl (C=O) groups is 3. The minimum Gasteiger partial charge on any atom is -0.497 e. The summed E-state index contributed by atoms with van der Waals surface area (Å²) < 4.78 is 18.9.